The van der Waals surface area contributed by atoms with Crippen LogP contribution >= 0.6 is 39.7 Å². The average Bonchev–Trinajstić information content (AvgIpc) is 2.57. The highest BCUT2D eigenvalue weighted by Crippen LogP contribution is 2.32. The summed E-state index contributed by atoms with van der Waals surface area (Å²) in [7, 11) is 0. The molecule has 0 fully saturated rings. The van der Waals surface area contributed by atoms with E-state index in [1.807, 2.05) is 18.2 Å². The molecule has 0 unspecified atom stereocenters. The third-order valence-corrected chi connectivity index (χ3v) is 3.09. The van der Waals surface area contributed by atoms with Gasteiger partial charge in [0, 0.05) is 4.47 Å². The molecular weight excluding hydrogens is 288 g/mol. The van der Waals surface area contributed by atoms with E-state index in [9.17, 15) is 0 Å². The van der Waals surface area contributed by atoms with Gasteiger partial charge in [0.05, 0.1) is 10.6 Å². The van der Waals surface area contributed by atoms with Crippen LogP contribution in [0.15, 0.2) is 27.1 Å². The van der Waals surface area contributed by atoms with Crippen molar-refractivity contribution >= 4 is 39.7 Å². The van der Waals surface area contributed by atoms with Crippen molar-refractivity contribution in [1.82, 2.24) is 10.2 Å². The van der Waals surface area contributed by atoms with Crippen molar-refractivity contribution in [3.63, 3.8) is 0 Å². The van der Waals surface area contributed by atoms with E-state index in [0.29, 0.717) is 16.5 Å². The first-order valence-electron chi connectivity index (χ1n) is 3.68. The number of H-pyrrole nitrogens is 1. The van der Waals surface area contributed by atoms with E-state index in [-0.39, 0.29) is 4.84 Å². The number of hydrogen-bond acceptors (Lipinski definition) is 3. The Kier molecular flexibility index (Phi) is 2.71. The van der Waals surface area contributed by atoms with E-state index in [0.717, 1.165) is 4.47 Å². The van der Waals surface area contributed by atoms with Gasteiger partial charge >= 0.3 is 0 Å². The zero-order chi connectivity index (χ0) is 10.1. The molecule has 1 aromatic carbocycles. The molecule has 0 aliphatic carbocycles. The minimum atomic E-state index is 0.232. The van der Waals surface area contributed by atoms with Crippen LogP contribution < -0.4 is 0 Å². The van der Waals surface area contributed by atoms with E-state index in [4.69, 9.17) is 28.2 Å². The number of nitrogens with zero attached hydrogens (tertiary/aromatic N) is 1. The minimum Gasteiger partial charge on any atom is -0.409 e. The molecular formula is C8H4BrClN2OS. The highest BCUT2D eigenvalue weighted by atomic mass is 79.9. The molecule has 0 aliphatic heterocycles. The van der Waals surface area contributed by atoms with Crippen molar-refractivity contribution in [3.05, 3.63) is 32.5 Å². The van der Waals surface area contributed by atoms with E-state index in [2.05, 4.69) is 26.1 Å². The maximum absolute atomic E-state index is 6.04. The number of rotatable bonds is 1. The lowest BCUT2D eigenvalue weighted by atomic mass is 10.2. The summed E-state index contributed by atoms with van der Waals surface area (Å²) in [4.78, 5) is 0.232. The number of benzene rings is 1. The summed E-state index contributed by atoms with van der Waals surface area (Å²) in [5, 5.41) is 6.98. The van der Waals surface area contributed by atoms with Crippen LogP contribution in [0.5, 0.6) is 0 Å². The molecule has 0 bridgehead atoms. The van der Waals surface area contributed by atoms with Gasteiger partial charge in [-0.1, -0.05) is 17.7 Å². The van der Waals surface area contributed by atoms with E-state index < -0.39 is 0 Å². The molecule has 72 valence electrons. The molecule has 1 aromatic heterocycles. The van der Waals surface area contributed by atoms with Crippen LogP contribution in [0.3, 0.4) is 0 Å². The van der Waals surface area contributed by atoms with Gasteiger partial charge in [0.1, 0.15) is 0 Å². The topological polar surface area (TPSA) is 41.8 Å². The number of aromatic amines is 1. The molecule has 0 radical (unpaired) electrons. The Bertz CT molecular complexity index is 522. The van der Waals surface area contributed by atoms with Crippen molar-refractivity contribution in [2.45, 2.75) is 0 Å². The number of aromatic nitrogens is 2. The first-order valence-corrected chi connectivity index (χ1v) is 5.26. The van der Waals surface area contributed by atoms with Gasteiger partial charge in [-0.2, -0.15) is 0 Å². The maximum Gasteiger partial charge on any atom is 0.284 e. The van der Waals surface area contributed by atoms with Crippen molar-refractivity contribution in [2.24, 2.45) is 0 Å². The molecule has 2 rings (SSSR count). The highest BCUT2D eigenvalue weighted by molar-refractivity contribution is 9.10. The number of halogens is 2. The van der Waals surface area contributed by atoms with Crippen LogP contribution in [0.25, 0.3) is 11.5 Å². The van der Waals surface area contributed by atoms with Crippen LogP contribution in [-0.2, 0) is 0 Å². The summed E-state index contributed by atoms with van der Waals surface area (Å²) in [6, 6.07) is 5.49. The largest absolute Gasteiger partial charge is 0.409 e. The normalized spacial score (nSPS) is 10.4. The Labute approximate surface area is 98.2 Å². The van der Waals surface area contributed by atoms with Gasteiger partial charge < -0.3 is 4.42 Å². The lowest BCUT2D eigenvalue weighted by Gasteiger charge is -1.99. The van der Waals surface area contributed by atoms with Crippen LogP contribution in [0.2, 0.25) is 5.02 Å². The SMILES string of the molecule is S=c1[nH]nc(-c2cccc(Br)c2Cl)o1. The summed E-state index contributed by atoms with van der Waals surface area (Å²) in [6.45, 7) is 0. The van der Waals surface area contributed by atoms with Crippen LogP contribution in [0.4, 0.5) is 0 Å². The molecule has 0 amide bonds. The zero-order valence-corrected chi connectivity index (χ0v) is 9.91. The first-order chi connectivity index (χ1) is 6.68. The minimum absolute atomic E-state index is 0.232. The molecule has 0 spiro atoms. The summed E-state index contributed by atoms with van der Waals surface area (Å²) in [5.74, 6) is 0.390. The third kappa shape index (κ3) is 1.75. The van der Waals surface area contributed by atoms with Crippen LogP contribution in [0, 0.1) is 4.84 Å². The van der Waals surface area contributed by atoms with Gasteiger partial charge in [0.25, 0.3) is 4.84 Å². The third-order valence-electron chi connectivity index (χ3n) is 1.62. The lowest BCUT2D eigenvalue weighted by Crippen LogP contribution is -1.80. The molecule has 0 atom stereocenters. The van der Waals surface area contributed by atoms with E-state index in [1.165, 1.54) is 0 Å². The Morgan fingerprint density at radius 3 is 2.93 bits per heavy atom. The fourth-order valence-corrected chi connectivity index (χ4v) is 1.71. The number of hydrogen-bond donors (Lipinski definition) is 1. The Morgan fingerprint density at radius 1 is 1.50 bits per heavy atom. The van der Waals surface area contributed by atoms with Crippen molar-refractivity contribution in [3.8, 4) is 11.5 Å². The van der Waals surface area contributed by atoms with Gasteiger partial charge in [-0.3, -0.25) is 0 Å². The predicted molar refractivity (Wildman–Crippen MR) is 59.8 cm³/mol. The molecule has 1 N–H and O–H groups in total. The maximum atomic E-state index is 6.04. The summed E-state index contributed by atoms with van der Waals surface area (Å²) in [6.07, 6.45) is 0. The number of nitrogens with one attached hydrogen (secondary N) is 1. The summed E-state index contributed by atoms with van der Waals surface area (Å²) >= 11 is 14.1. The van der Waals surface area contributed by atoms with E-state index >= 15 is 0 Å². The van der Waals surface area contributed by atoms with Crippen LogP contribution in [0.1, 0.15) is 0 Å². The van der Waals surface area contributed by atoms with Gasteiger partial charge in [-0.15, -0.1) is 5.10 Å². The fourth-order valence-electron chi connectivity index (χ4n) is 1.01. The monoisotopic (exact) mass is 290 g/mol. The van der Waals surface area contributed by atoms with Gasteiger partial charge in [-0.05, 0) is 40.3 Å². The molecule has 0 saturated heterocycles. The molecule has 3 nitrogen and oxygen atoms in total. The highest BCUT2D eigenvalue weighted by Gasteiger charge is 2.10. The standard InChI is InChI=1S/C8H4BrClN2OS/c9-5-3-1-2-4(6(5)10)7-11-12-8(14)13-7/h1-3H,(H,12,14). The van der Waals surface area contributed by atoms with E-state index in [1.54, 1.807) is 0 Å². The Balaban J connectivity index is 2.62. The molecule has 0 saturated carbocycles. The lowest BCUT2D eigenvalue weighted by molar-refractivity contribution is 0.552. The molecule has 0 aliphatic rings. The summed E-state index contributed by atoms with van der Waals surface area (Å²) < 4.78 is 5.94. The molecule has 6 heteroatoms. The molecule has 2 aromatic rings. The van der Waals surface area contributed by atoms with Crippen molar-refractivity contribution in [1.29, 1.82) is 0 Å². The average molecular weight is 292 g/mol. The van der Waals surface area contributed by atoms with Crippen LogP contribution in [-0.4, -0.2) is 10.2 Å². The second-order valence-electron chi connectivity index (χ2n) is 2.52. The second kappa shape index (κ2) is 3.84. The summed E-state index contributed by atoms with van der Waals surface area (Å²) in [5.41, 5.74) is 0.702. The Hall–Kier alpha value is -0.650. The predicted octanol–water partition coefficient (Wildman–Crippen LogP) is 3.82. The molecule has 14 heavy (non-hydrogen) atoms. The van der Waals surface area contributed by atoms with Gasteiger partial charge in [0.2, 0.25) is 5.89 Å². The molecule has 1 heterocycles. The Morgan fingerprint density at radius 2 is 2.29 bits per heavy atom. The van der Waals surface area contributed by atoms with Crippen molar-refractivity contribution < 1.29 is 4.42 Å². The quantitative estimate of drug-likeness (QED) is 0.812. The fraction of sp³-hybridized carbons (Fsp3) is 0. The zero-order valence-electron chi connectivity index (χ0n) is 6.75. The first kappa shape index (κ1) is 9.89. The smallest absolute Gasteiger partial charge is 0.284 e. The van der Waals surface area contributed by atoms with Gasteiger partial charge in [0.15, 0.2) is 0 Å². The second-order valence-corrected chi connectivity index (χ2v) is 4.12. The van der Waals surface area contributed by atoms with Gasteiger partial charge in [-0.25, -0.2) is 5.10 Å². The van der Waals surface area contributed by atoms with Crippen molar-refractivity contribution in [2.75, 3.05) is 0 Å².